The minimum Gasteiger partial charge on any atom is -0.262 e. The SMILES string of the molecule is Cc1cc(C)nc(-n2ncc(C#N)c2NS(=O)(=O)c2ccc(Cl)cc2)n1. The lowest BCUT2D eigenvalue weighted by atomic mass is 10.3. The Balaban J connectivity index is 2.09. The van der Waals surface area contributed by atoms with Gasteiger partial charge in [0.05, 0.1) is 11.1 Å². The highest BCUT2D eigenvalue weighted by Crippen LogP contribution is 2.23. The third-order valence-corrected chi connectivity index (χ3v) is 5.01. The van der Waals surface area contributed by atoms with Crippen molar-refractivity contribution >= 4 is 27.4 Å². The Hall–Kier alpha value is -2.96. The summed E-state index contributed by atoms with van der Waals surface area (Å²) < 4.78 is 28.9. The Morgan fingerprint density at radius 3 is 2.35 bits per heavy atom. The number of anilines is 1. The molecule has 0 aliphatic heterocycles. The summed E-state index contributed by atoms with van der Waals surface area (Å²) >= 11 is 5.80. The van der Waals surface area contributed by atoms with Crippen molar-refractivity contribution in [3.63, 3.8) is 0 Å². The summed E-state index contributed by atoms with van der Waals surface area (Å²) in [5.74, 6) is 0.130. The van der Waals surface area contributed by atoms with Crippen LogP contribution in [0.1, 0.15) is 17.0 Å². The molecular formula is C16H13ClN6O2S. The molecule has 0 amide bonds. The maximum Gasteiger partial charge on any atom is 0.263 e. The van der Waals surface area contributed by atoms with Crippen LogP contribution in [0.2, 0.25) is 5.02 Å². The second-order valence-corrected chi connectivity index (χ2v) is 7.56. The molecule has 1 N–H and O–H groups in total. The minimum absolute atomic E-state index is 0.000110. The van der Waals surface area contributed by atoms with Gasteiger partial charge < -0.3 is 0 Å². The van der Waals surface area contributed by atoms with E-state index in [9.17, 15) is 13.7 Å². The van der Waals surface area contributed by atoms with Crippen LogP contribution in [0.25, 0.3) is 5.95 Å². The van der Waals surface area contributed by atoms with E-state index in [0.29, 0.717) is 16.4 Å². The molecule has 0 unspecified atom stereocenters. The van der Waals surface area contributed by atoms with E-state index in [4.69, 9.17) is 11.6 Å². The van der Waals surface area contributed by atoms with E-state index in [1.807, 2.05) is 6.07 Å². The summed E-state index contributed by atoms with van der Waals surface area (Å²) in [7, 11) is -3.96. The predicted molar refractivity (Wildman–Crippen MR) is 95.6 cm³/mol. The number of sulfonamides is 1. The number of aromatic nitrogens is 4. The number of hydrogen-bond donors (Lipinski definition) is 1. The zero-order chi connectivity index (χ0) is 18.9. The first-order valence-electron chi connectivity index (χ1n) is 7.39. The van der Waals surface area contributed by atoms with E-state index in [1.165, 1.54) is 35.1 Å². The second-order valence-electron chi connectivity index (χ2n) is 5.44. The van der Waals surface area contributed by atoms with Gasteiger partial charge >= 0.3 is 0 Å². The van der Waals surface area contributed by atoms with Crippen LogP contribution in [0.15, 0.2) is 41.4 Å². The molecule has 0 fully saturated rings. The van der Waals surface area contributed by atoms with Crippen molar-refractivity contribution in [3.8, 4) is 12.0 Å². The van der Waals surface area contributed by atoms with Crippen molar-refractivity contribution in [1.82, 2.24) is 19.7 Å². The summed E-state index contributed by atoms with van der Waals surface area (Å²) in [4.78, 5) is 8.51. The van der Waals surface area contributed by atoms with Gasteiger partial charge in [0.2, 0.25) is 0 Å². The van der Waals surface area contributed by atoms with Crippen molar-refractivity contribution in [2.45, 2.75) is 18.7 Å². The molecule has 10 heteroatoms. The summed E-state index contributed by atoms with van der Waals surface area (Å²) in [6, 6.07) is 9.34. The molecular weight excluding hydrogens is 376 g/mol. The molecule has 3 rings (SSSR count). The number of hydrogen-bond acceptors (Lipinski definition) is 6. The fourth-order valence-corrected chi connectivity index (χ4v) is 3.47. The lowest BCUT2D eigenvalue weighted by molar-refractivity contribution is 0.600. The van der Waals surface area contributed by atoms with Crippen molar-refractivity contribution < 1.29 is 8.42 Å². The molecule has 0 saturated carbocycles. The van der Waals surface area contributed by atoms with Gasteiger partial charge in [-0.25, -0.2) is 18.4 Å². The van der Waals surface area contributed by atoms with Crippen LogP contribution in [0.3, 0.4) is 0 Å². The van der Waals surface area contributed by atoms with Crippen LogP contribution in [-0.4, -0.2) is 28.2 Å². The van der Waals surface area contributed by atoms with Gasteiger partial charge in [0.25, 0.3) is 16.0 Å². The summed E-state index contributed by atoms with van der Waals surface area (Å²) in [5.41, 5.74) is 1.42. The van der Waals surface area contributed by atoms with E-state index in [-0.39, 0.29) is 22.2 Å². The van der Waals surface area contributed by atoms with Crippen LogP contribution < -0.4 is 4.72 Å². The zero-order valence-electron chi connectivity index (χ0n) is 13.8. The highest BCUT2D eigenvalue weighted by Gasteiger charge is 2.22. The molecule has 0 saturated heterocycles. The predicted octanol–water partition coefficient (Wildman–Crippen LogP) is 2.61. The zero-order valence-corrected chi connectivity index (χ0v) is 15.4. The van der Waals surface area contributed by atoms with Crippen LogP contribution in [0, 0.1) is 25.2 Å². The van der Waals surface area contributed by atoms with Crippen molar-refractivity contribution in [2.75, 3.05) is 4.72 Å². The molecule has 8 nitrogen and oxygen atoms in total. The van der Waals surface area contributed by atoms with Gasteiger partial charge in [-0.3, -0.25) is 4.72 Å². The Morgan fingerprint density at radius 2 is 1.77 bits per heavy atom. The van der Waals surface area contributed by atoms with Crippen LogP contribution in [0.4, 0.5) is 5.82 Å². The van der Waals surface area contributed by atoms with E-state index < -0.39 is 10.0 Å². The number of rotatable bonds is 4. The molecule has 2 heterocycles. The lowest BCUT2D eigenvalue weighted by Gasteiger charge is -2.11. The third kappa shape index (κ3) is 3.51. The Bertz CT molecular complexity index is 1100. The standard InChI is InChI=1S/C16H13ClN6O2S/c1-10-7-11(2)21-16(20-10)23-15(12(8-18)9-19-23)22-26(24,25)14-5-3-13(17)4-6-14/h3-7,9,22H,1-2H3. The maximum atomic E-state index is 12.7. The largest absolute Gasteiger partial charge is 0.263 e. The van der Waals surface area contributed by atoms with Gasteiger partial charge in [0.15, 0.2) is 5.82 Å². The van der Waals surface area contributed by atoms with Gasteiger partial charge in [-0.1, -0.05) is 11.6 Å². The van der Waals surface area contributed by atoms with Gasteiger partial charge in [-0.05, 0) is 44.2 Å². The van der Waals surface area contributed by atoms with Crippen molar-refractivity contribution in [3.05, 3.63) is 58.5 Å². The first kappa shape index (κ1) is 17.8. The minimum atomic E-state index is -3.96. The van der Waals surface area contributed by atoms with Crippen molar-refractivity contribution in [1.29, 1.82) is 5.26 Å². The highest BCUT2D eigenvalue weighted by molar-refractivity contribution is 7.92. The van der Waals surface area contributed by atoms with E-state index in [1.54, 1.807) is 19.9 Å². The Kier molecular flexibility index (Phi) is 4.63. The average molecular weight is 389 g/mol. The molecule has 0 atom stereocenters. The van der Waals surface area contributed by atoms with Crippen LogP contribution in [0.5, 0.6) is 0 Å². The first-order chi connectivity index (χ1) is 12.3. The third-order valence-electron chi connectivity index (χ3n) is 3.40. The Morgan fingerprint density at radius 1 is 1.15 bits per heavy atom. The monoisotopic (exact) mass is 388 g/mol. The molecule has 26 heavy (non-hydrogen) atoms. The number of nitriles is 1. The van der Waals surface area contributed by atoms with Crippen LogP contribution >= 0.6 is 11.6 Å². The molecule has 2 aromatic heterocycles. The van der Waals surface area contributed by atoms with Crippen LogP contribution in [-0.2, 0) is 10.0 Å². The number of halogens is 1. The number of nitrogens with zero attached hydrogens (tertiary/aromatic N) is 5. The molecule has 0 bridgehead atoms. The number of benzene rings is 1. The smallest absolute Gasteiger partial charge is 0.262 e. The lowest BCUT2D eigenvalue weighted by Crippen LogP contribution is -2.18. The van der Waals surface area contributed by atoms with Gasteiger partial charge in [-0.2, -0.15) is 15.0 Å². The van der Waals surface area contributed by atoms with Crippen molar-refractivity contribution in [2.24, 2.45) is 0 Å². The molecule has 3 aromatic rings. The maximum absolute atomic E-state index is 12.7. The molecule has 1 aromatic carbocycles. The Labute approximate surface area is 155 Å². The van der Waals surface area contributed by atoms with E-state index >= 15 is 0 Å². The second kappa shape index (κ2) is 6.74. The average Bonchev–Trinajstić information content (AvgIpc) is 2.96. The molecule has 0 spiro atoms. The molecule has 0 radical (unpaired) electrons. The van der Waals surface area contributed by atoms with Gasteiger partial charge in [0.1, 0.15) is 11.6 Å². The molecule has 132 valence electrons. The number of aryl methyl sites for hydroxylation is 2. The molecule has 0 aliphatic carbocycles. The summed E-state index contributed by atoms with van der Waals surface area (Å²) in [6.45, 7) is 3.56. The van der Waals surface area contributed by atoms with E-state index in [0.717, 1.165) is 0 Å². The van der Waals surface area contributed by atoms with E-state index in [2.05, 4.69) is 19.8 Å². The molecule has 0 aliphatic rings. The topological polar surface area (TPSA) is 114 Å². The highest BCUT2D eigenvalue weighted by atomic mass is 35.5. The normalized spacial score (nSPS) is 11.2. The quantitative estimate of drug-likeness (QED) is 0.734. The summed E-state index contributed by atoms with van der Waals surface area (Å²) in [6.07, 6.45) is 1.25. The number of nitrogens with one attached hydrogen (secondary N) is 1. The first-order valence-corrected chi connectivity index (χ1v) is 9.25. The fraction of sp³-hybridized carbons (Fsp3) is 0.125. The fourth-order valence-electron chi connectivity index (χ4n) is 2.28. The van der Waals surface area contributed by atoms with Gasteiger partial charge in [0, 0.05) is 16.4 Å². The summed E-state index contributed by atoms with van der Waals surface area (Å²) in [5, 5.41) is 13.8. The van der Waals surface area contributed by atoms with Gasteiger partial charge in [-0.15, -0.1) is 0 Å².